The van der Waals surface area contributed by atoms with Crippen LogP contribution in [-0.2, 0) is 26.2 Å². The molecular formula is C33H43N3O6S. The zero-order valence-corrected chi connectivity index (χ0v) is 26.9. The fourth-order valence-electron chi connectivity index (χ4n) is 4.54. The lowest BCUT2D eigenvalue weighted by molar-refractivity contribution is -0.141. The standard InChI is InChI=1S/C33H43N3O6S/c1-8-30(32(38)34-33(4,5)6)35(22-25-12-16-27(41-7)17-13-25)31(37)23-36(26-14-18-28(19-15-26)42-9-2)43(39,40)29-20-10-24(3)11-21-29/h10-21,30H,8-9,22-23H2,1-7H3,(H,34,38)/t30-/m0/s1. The molecule has 0 saturated carbocycles. The Morgan fingerprint density at radius 1 is 0.884 bits per heavy atom. The molecule has 3 aromatic rings. The van der Waals surface area contributed by atoms with Gasteiger partial charge in [-0.25, -0.2) is 8.42 Å². The fourth-order valence-corrected chi connectivity index (χ4v) is 5.96. The van der Waals surface area contributed by atoms with Crippen molar-refractivity contribution in [2.45, 2.75) is 71.0 Å². The van der Waals surface area contributed by atoms with Crippen molar-refractivity contribution in [3.8, 4) is 11.5 Å². The van der Waals surface area contributed by atoms with E-state index >= 15 is 0 Å². The highest BCUT2D eigenvalue weighted by molar-refractivity contribution is 7.92. The number of nitrogens with one attached hydrogen (secondary N) is 1. The highest BCUT2D eigenvalue weighted by Crippen LogP contribution is 2.27. The van der Waals surface area contributed by atoms with Gasteiger partial charge in [0.05, 0.1) is 24.3 Å². The molecule has 0 unspecified atom stereocenters. The minimum absolute atomic E-state index is 0.0546. The first-order valence-corrected chi connectivity index (χ1v) is 15.8. The second-order valence-corrected chi connectivity index (χ2v) is 13.1. The van der Waals surface area contributed by atoms with Crippen molar-refractivity contribution in [2.24, 2.45) is 0 Å². The number of ether oxygens (including phenoxy) is 2. The molecule has 0 aliphatic heterocycles. The Morgan fingerprint density at radius 2 is 1.47 bits per heavy atom. The minimum Gasteiger partial charge on any atom is -0.497 e. The molecule has 0 spiro atoms. The number of sulfonamides is 1. The van der Waals surface area contributed by atoms with Gasteiger partial charge in [-0.05, 0) is 95.1 Å². The molecular weight excluding hydrogens is 566 g/mol. The third kappa shape index (κ3) is 8.97. The van der Waals surface area contributed by atoms with Crippen molar-refractivity contribution in [2.75, 3.05) is 24.6 Å². The summed E-state index contributed by atoms with van der Waals surface area (Å²) >= 11 is 0. The third-order valence-electron chi connectivity index (χ3n) is 6.72. The second kappa shape index (κ2) is 14.4. The number of nitrogens with zero attached hydrogens (tertiary/aromatic N) is 2. The van der Waals surface area contributed by atoms with Gasteiger partial charge in [0.1, 0.15) is 24.1 Å². The van der Waals surface area contributed by atoms with Gasteiger partial charge in [0.25, 0.3) is 10.0 Å². The third-order valence-corrected chi connectivity index (χ3v) is 8.51. The number of anilines is 1. The van der Waals surface area contributed by atoms with Crippen molar-refractivity contribution in [3.05, 3.63) is 83.9 Å². The van der Waals surface area contributed by atoms with Gasteiger partial charge in [0, 0.05) is 12.1 Å². The largest absolute Gasteiger partial charge is 0.497 e. The number of hydrogen-bond donors (Lipinski definition) is 1. The first-order valence-electron chi connectivity index (χ1n) is 14.4. The van der Waals surface area contributed by atoms with Crippen LogP contribution in [0.5, 0.6) is 11.5 Å². The molecule has 0 saturated heterocycles. The molecule has 0 bridgehead atoms. The lowest BCUT2D eigenvalue weighted by Gasteiger charge is -2.34. The topological polar surface area (TPSA) is 105 Å². The van der Waals surface area contributed by atoms with Crippen LogP contribution >= 0.6 is 0 Å². The zero-order valence-electron chi connectivity index (χ0n) is 26.1. The molecule has 1 atom stereocenters. The van der Waals surface area contributed by atoms with Crippen molar-refractivity contribution in [1.29, 1.82) is 0 Å². The molecule has 0 radical (unpaired) electrons. The Morgan fingerprint density at radius 3 is 1.98 bits per heavy atom. The Kier molecular flexibility index (Phi) is 11.2. The maximum Gasteiger partial charge on any atom is 0.264 e. The molecule has 0 heterocycles. The minimum atomic E-state index is -4.16. The van der Waals surface area contributed by atoms with Crippen LogP contribution in [-0.4, -0.2) is 57.0 Å². The van der Waals surface area contributed by atoms with Crippen LogP contribution in [0, 0.1) is 6.92 Å². The van der Waals surface area contributed by atoms with Crippen LogP contribution in [0.15, 0.2) is 77.7 Å². The van der Waals surface area contributed by atoms with Gasteiger partial charge in [0.2, 0.25) is 11.8 Å². The van der Waals surface area contributed by atoms with E-state index in [9.17, 15) is 18.0 Å². The van der Waals surface area contributed by atoms with E-state index in [2.05, 4.69) is 5.32 Å². The van der Waals surface area contributed by atoms with Crippen LogP contribution in [0.1, 0.15) is 52.2 Å². The number of hydrogen-bond acceptors (Lipinski definition) is 6. The first kappa shape index (κ1) is 33.5. The molecule has 0 fully saturated rings. The van der Waals surface area contributed by atoms with Crippen LogP contribution in [0.2, 0.25) is 0 Å². The summed E-state index contributed by atoms with van der Waals surface area (Å²) in [5.74, 6) is 0.406. The van der Waals surface area contributed by atoms with Crippen LogP contribution < -0.4 is 19.1 Å². The van der Waals surface area contributed by atoms with Crippen LogP contribution in [0.3, 0.4) is 0 Å². The number of rotatable bonds is 13. The van der Waals surface area contributed by atoms with E-state index in [4.69, 9.17) is 9.47 Å². The average molecular weight is 610 g/mol. The van der Waals surface area contributed by atoms with Crippen LogP contribution in [0.25, 0.3) is 0 Å². The van der Waals surface area contributed by atoms with E-state index in [1.807, 2.05) is 53.7 Å². The Balaban J connectivity index is 2.07. The number of benzene rings is 3. The summed E-state index contributed by atoms with van der Waals surface area (Å²) in [6, 6.07) is 19.4. The van der Waals surface area contributed by atoms with Gasteiger partial charge in [-0.3, -0.25) is 13.9 Å². The second-order valence-electron chi connectivity index (χ2n) is 11.3. The highest BCUT2D eigenvalue weighted by Gasteiger charge is 2.34. The summed E-state index contributed by atoms with van der Waals surface area (Å²) < 4.78 is 40.0. The Hall–Kier alpha value is -4.05. The Labute approximate surface area is 255 Å². The van der Waals surface area contributed by atoms with Gasteiger partial charge in [-0.2, -0.15) is 0 Å². The predicted molar refractivity (Wildman–Crippen MR) is 169 cm³/mol. The fraction of sp³-hybridized carbons (Fsp3) is 0.394. The van der Waals surface area contributed by atoms with E-state index in [-0.39, 0.29) is 17.3 Å². The summed E-state index contributed by atoms with van der Waals surface area (Å²) in [5.41, 5.74) is 1.45. The maximum atomic E-state index is 14.2. The van der Waals surface area contributed by atoms with E-state index in [0.717, 1.165) is 15.4 Å². The zero-order chi connectivity index (χ0) is 31.8. The maximum absolute atomic E-state index is 14.2. The number of aryl methyl sites for hydroxylation is 1. The molecule has 3 rings (SSSR count). The van der Waals surface area contributed by atoms with Gasteiger partial charge < -0.3 is 19.7 Å². The van der Waals surface area contributed by atoms with Gasteiger partial charge >= 0.3 is 0 Å². The monoisotopic (exact) mass is 609 g/mol. The Bertz CT molecular complexity index is 1470. The molecule has 43 heavy (non-hydrogen) atoms. The van der Waals surface area contributed by atoms with Crippen molar-refractivity contribution in [3.63, 3.8) is 0 Å². The van der Waals surface area contributed by atoms with Gasteiger partial charge in [-0.1, -0.05) is 36.8 Å². The first-order chi connectivity index (χ1) is 20.3. The smallest absolute Gasteiger partial charge is 0.264 e. The highest BCUT2D eigenvalue weighted by atomic mass is 32.2. The molecule has 0 aromatic heterocycles. The SMILES string of the molecule is CCOc1ccc(N(CC(=O)N(Cc2ccc(OC)cc2)[C@@H](CC)C(=O)NC(C)(C)C)S(=O)(=O)c2ccc(C)cc2)cc1. The molecule has 10 heteroatoms. The molecule has 0 aliphatic carbocycles. The number of amides is 2. The number of carbonyl (C=O) groups excluding carboxylic acids is 2. The molecule has 232 valence electrons. The molecule has 2 amide bonds. The summed E-state index contributed by atoms with van der Waals surface area (Å²) in [5, 5.41) is 2.98. The molecule has 1 N–H and O–H groups in total. The normalized spacial score (nSPS) is 12.3. The van der Waals surface area contributed by atoms with E-state index in [1.165, 1.54) is 17.0 Å². The predicted octanol–water partition coefficient (Wildman–Crippen LogP) is 5.32. The van der Waals surface area contributed by atoms with Gasteiger partial charge in [0.15, 0.2) is 0 Å². The lowest BCUT2D eigenvalue weighted by Crippen LogP contribution is -2.55. The van der Waals surface area contributed by atoms with Crippen molar-refractivity contribution >= 4 is 27.5 Å². The van der Waals surface area contributed by atoms with E-state index in [0.29, 0.717) is 30.2 Å². The quantitative estimate of drug-likeness (QED) is 0.281. The summed E-state index contributed by atoms with van der Waals surface area (Å²) in [4.78, 5) is 29.2. The lowest BCUT2D eigenvalue weighted by atomic mass is 10.1. The molecule has 0 aliphatic rings. The van der Waals surface area contributed by atoms with Crippen molar-refractivity contribution < 1.29 is 27.5 Å². The average Bonchev–Trinajstić information content (AvgIpc) is 2.96. The van der Waals surface area contributed by atoms with Crippen molar-refractivity contribution in [1.82, 2.24) is 10.2 Å². The van der Waals surface area contributed by atoms with Gasteiger partial charge in [-0.15, -0.1) is 0 Å². The number of methoxy groups -OCH3 is 1. The molecule has 9 nitrogen and oxygen atoms in total. The molecule has 3 aromatic carbocycles. The summed E-state index contributed by atoms with van der Waals surface area (Å²) in [6.07, 6.45) is 0.331. The van der Waals surface area contributed by atoms with E-state index in [1.54, 1.807) is 55.6 Å². The summed E-state index contributed by atoms with van der Waals surface area (Å²) in [7, 11) is -2.59. The summed E-state index contributed by atoms with van der Waals surface area (Å²) in [6.45, 7) is 11.2. The van der Waals surface area contributed by atoms with E-state index < -0.39 is 34.1 Å². The number of carbonyl (C=O) groups is 2. The van der Waals surface area contributed by atoms with Crippen LogP contribution in [0.4, 0.5) is 5.69 Å².